The van der Waals surface area contributed by atoms with Gasteiger partial charge in [-0.15, -0.1) is 0 Å². The van der Waals surface area contributed by atoms with Gasteiger partial charge in [-0.25, -0.2) is 4.79 Å². The molecule has 1 rings (SSSR count). The number of rotatable bonds is 2. The van der Waals surface area contributed by atoms with Crippen molar-refractivity contribution in [2.75, 3.05) is 19.0 Å². The number of carbonyl (C=O) groups excluding carboxylic acids is 1. The standard InChI is InChI=1S/C12H15N3O/c1-10(9-13)14(2)12(16)15(3)11-7-5-4-6-8-11/h4-8,10H,1-3H3/t10-/m1/s1. The lowest BCUT2D eigenvalue weighted by atomic mass is 10.3. The maximum absolute atomic E-state index is 11.9. The van der Waals surface area contributed by atoms with Crippen LogP contribution < -0.4 is 4.90 Å². The average molecular weight is 217 g/mol. The zero-order chi connectivity index (χ0) is 12.1. The minimum atomic E-state index is -0.432. The van der Waals surface area contributed by atoms with Crippen LogP contribution in [0, 0.1) is 11.3 Å². The second-order valence-electron chi connectivity index (χ2n) is 3.59. The van der Waals surface area contributed by atoms with E-state index < -0.39 is 6.04 Å². The molecule has 0 aliphatic carbocycles. The second kappa shape index (κ2) is 5.17. The third-order valence-corrected chi connectivity index (χ3v) is 2.50. The van der Waals surface area contributed by atoms with Crippen LogP contribution in [0.3, 0.4) is 0 Å². The zero-order valence-electron chi connectivity index (χ0n) is 9.71. The summed E-state index contributed by atoms with van der Waals surface area (Å²) in [6.07, 6.45) is 0. The highest BCUT2D eigenvalue weighted by Crippen LogP contribution is 2.13. The van der Waals surface area contributed by atoms with Crippen molar-refractivity contribution < 1.29 is 4.79 Å². The van der Waals surface area contributed by atoms with Gasteiger partial charge in [-0.3, -0.25) is 4.90 Å². The van der Waals surface area contributed by atoms with Crippen LogP contribution in [0.2, 0.25) is 0 Å². The van der Waals surface area contributed by atoms with Crippen molar-refractivity contribution in [1.82, 2.24) is 4.90 Å². The van der Waals surface area contributed by atoms with E-state index >= 15 is 0 Å². The van der Waals surface area contributed by atoms with E-state index in [4.69, 9.17) is 5.26 Å². The Hall–Kier alpha value is -2.02. The Balaban J connectivity index is 2.80. The van der Waals surface area contributed by atoms with E-state index in [0.29, 0.717) is 0 Å². The van der Waals surface area contributed by atoms with Gasteiger partial charge >= 0.3 is 6.03 Å². The molecule has 0 aliphatic rings. The Bertz CT molecular complexity index is 396. The largest absolute Gasteiger partial charge is 0.325 e. The average Bonchev–Trinajstić information content (AvgIpc) is 2.36. The Kier molecular flexibility index (Phi) is 3.90. The number of amides is 2. The highest BCUT2D eigenvalue weighted by atomic mass is 16.2. The van der Waals surface area contributed by atoms with Crippen LogP contribution >= 0.6 is 0 Å². The first-order valence-corrected chi connectivity index (χ1v) is 5.03. The van der Waals surface area contributed by atoms with Crippen LogP contribution in [-0.2, 0) is 0 Å². The molecule has 1 aromatic rings. The highest BCUT2D eigenvalue weighted by Gasteiger charge is 2.19. The Morgan fingerprint density at radius 1 is 1.31 bits per heavy atom. The summed E-state index contributed by atoms with van der Waals surface area (Å²) in [5.41, 5.74) is 0.810. The normalized spacial score (nSPS) is 11.4. The van der Waals surface area contributed by atoms with Gasteiger partial charge in [0.05, 0.1) is 6.07 Å². The Labute approximate surface area is 95.7 Å². The van der Waals surface area contributed by atoms with E-state index in [1.165, 1.54) is 9.80 Å². The lowest BCUT2D eigenvalue weighted by molar-refractivity contribution is 0.211. The quantitative estimate of drug-likeness (QED) is 0.761. The van der Waals surface area contributed by atoms with Crippen molar-refractivity contribution >= 4 is 11.7 Å². The van der Waals surface area contributed by atoms with Crippen LogP contribution in [0.5, 0.6) is 0 Å². The summed E-state index contributed by atoms with van der Waals surface area (Å²) < 4.78 is 0. The molecule has 0 bridgehead atoms. The smallest absolute Gasteiger partial charge is 0.312 e. The number of urea groups is 1. The summed E-state index contributed by atoms with van der Waals surface area (Å²) in [4.78, 5) is 14.9. The van der Waals surface area contributed by atoms with Gasteiger partial charge in [-0.2, -0.15) is 5.26 Å². The summed E-state index contributed by atoms with van der Waals surface area (Å²) in [5, 5.41) is 8.74. The van der Waals surface area contributed by atoms with Crippen molar-refractivity contribution in [3.63, 3.8) is 0 Å². The molecule has 2 amide bonds. The number of para-hydroxylation sites is 1. The topological polar surface area (TPSA) is 47.3 Å². The van der Waals surface area contributed by atoms with Crippen molar-refractivity contribution in [2.45, 2.75) is 13.0 Å². The van der Waals surface area contributed by atoms with Crippen LogP contribution in [0.1, 0.15) is 6.92 Å². The summed E-state index contributed by atoms with van der Waals surface area (Å²) in [5.74, 6) is 0. The molecule has 0 aromatic heterocycles. The second-order valence-corrected chi connectivity index (χ2v) is 3.59. The molecule has 0 saturated carbocycles. The zero-order valence-corrected chi connectivity index (χ0v) is 9.71. The lowest BCUT2D eigenvalue weighted by Gasteiger charge is -2.26. The molecule has 84 valence electrons. The third kappa shape index (κ3) is 2.51. The number of nitrogens with zero attached hydrogens (tertiary/aromatic N) is 3. The van der Waals surface area contributed by atoms with Crippen molar-refractivity contribution in [3.05, 3.63) is 30.3 Å². The first kappa shape index (κ1) is 12.1. The SMILES string of the molecule is C[C@H](C#N)N(C)C(=O)N(C)c1ccccc1. The van der Waals surface area contributed by atoms with Crippen LogP contribution in [0.15, 0.2) is 30.3 Å². The number of hydrogen-bond donors (Lipinski definition) is 0. The van der Waals surface area contributed by atoms with Gasteiger partial charge in [-0.05, 0) is 19.1 Å². The minimum absolute atomic E-state index is 0.194. The van der Waals surface area contributed by atoms with Gasteiger partial charge in [0.2, 0.25) is 0 Å². The van der Waals surface area contributed by atoms with E-state index in [0.717, 1.165) is 5.69 Å². The van der Waals surface area contributed by atoms with Gasteiger partial charge in [0, 0.05) is 19.8 Å². The molecule has 0 fully saturated rings. The molecule has 0 saturated heterocycles. The van der Waals surface area contributed by atoms with Crippen LogP contribution in [0.25, 0.3) is 0 Å². The fraction of sp³-hybridized carbons (Fsp3) is 0.333. The fourth-order valence-electron chi connectivity index (χ4n) is 1.25. The molecule has 0 unspecified atom stereocenters. The van der Waals surface area contributed by atoms with Gasteiger partial charge in [0.1, 0.15) is 6.04 Å². The van der Waals surface area contributed by atoms with E-state index in [1.807, 2.05) is 36.4 Å². The predicted octanol–water partition coefficient (Wildman–Crippen LogP) is 2.09. The van der Waals surface area contributed by atoms with E-state index in [-0.39, 0.29) is 6.03 Å². The Morgan fingerprint density at radius 3 is 2.38 bits per heavy atom. The monoisotopic (exact) mass is 217 g/mol. The molecule has 1 aromatic carbocycles. The number of anilines is 1. The van der Waals surface area contributed by atoms with Gasteiger partial charge in [-0.1, -0.05) is 18.2 Å². The number of nitriles is 1. The summed E-state index contributed by atoms with van der Waals surface area (Å²) in [7, 11) is 3.31. The van der Waals surface area contributed by atoms with Crippen molar-refractivity contribution in [2.24, 2.45) is 0 Å². The molecule has 0 N–H and O–H groups in total. The van der Waals surface area contributed by atoms with Crippen LogP contribution in [-0.4, -0.2) is 31.1 Å². The molecule has 4 heteroatoms. The lowest BCUT2D eigenvalue weighted by Crippen LogP contribution is -2.42. The molecule has 0 spiro atoms. The van der Waals surface area contributed by atoms with E-state index in [9.17, 15) is 4.79 Å². The molecule has 4 nitrogen and oxygen atoms in total. The molecule has 0 heterocycles. The van der Waals surface area contributed by atoms with E-state index in [1.54, 1.807) is 21.0 Å². The fourth-order valence-corrected chi connectivity index (χ4v) is 1.25. The molecule has 16 heavy (non-hydrogen) atoms. The summed E-state index contributed by atoms with van der Waals surface area (Å²) in [6, 6.07) is 10.7. The van der Waals surface area contributed by atoms with E-state index in [2.05, 4.69) is 0 Å². The predicted molar refractivity (Wildman–Crippen MR) is 63.1 cm³/mol. The first-order chi connectivity index (χ1) is 7.57. The van der Waals surface area contributed by atoms with Gasteiger partial charge in [0.25, 0.3) is 0 Å². The number of benzene rings is 1. The maximum Gasteiger partial charge on any atom is 0.325 e. The van der Waals surface area contributed by atoms with Crippen LogP contribution in [0.4, 0.5) is 10.5 Å². The van der Waals surface area contributed by atoms with Crippen molar-refractivity contribution in [1.29, 1.82) is 5.26 Å². The van der Waals surface area contributed by atoms with Crippen molar-refractivity contribution in [3.8, 4) is 6.07 Å². The summed E-state index contributed by atoms with van der Waals surface area (Å²) in [6.45, 7) is 1.69. The molecular weight excluding hydrogens is 202 g/mol. The number of hydrogen-bond acceptors (Lipinski definition) is 2. The Morgan fingerprint density at radius 2 is 1.88 bits per heavy atom. The molecule has 0 radical (unpaired) electrons. The number of carbonyl (C=O) groups is 1. The molecular formula is C12H15N3O. The molecule has 0 aliphatic heterocycles. The van der Waals surface area contributed by atoms with Gasteiger partial charge in [0.15, 0.2) is 0 Å². The maximum atomic E-state index is 11.9. The first-order valence-electron chi connectivity index (χ1n) is 5.03. The summed E-state index contributed by atoms with van der Waals surface area (Å²) >= 11 is 0. The molecule has 1 atom stereocenters. The third-order valence-electron chi connectivity index (χ3n) is 2.50. The minimum Gasteiger partial charge on any atom is -0.312 e. The van der Waals surface area contributed by atoms with Gasteiger partial charge < -0.3 is 4.90 Å². The highest BCUT2D eigenvalue weighted by molar-refractivity contribution is 5.91.